The van der Waals surface area contributed by atoms with E-state index in [0.29, 0.717) is 6.07 Å². The Labute approximate surface area is 154 Å². The summed E-state index contributed by atoms with van der Waals surface area (Å²) in [7, 11) is -4.61. The van der Waals surface area contributed by atoms with Crippen molar-refractivity contribution >= 4 is 24.9 Å². The molecule has 0 atom stereocenters. The minimum Gasteiger partial charge on any atom is -0.474 e. The molecule has 0 bridgehead atoms. The number of alkyl halides is 3. The molecule has 0 spiro atoms. The van der Waals surface area contributed by atoms with Gasteiger partial charge in [-0.2, -0.15) is 13.2 Å². The number of hydrogen-bond acceptors (Lipinski definition) is 5. The molecule has 0 fully saturated rings. The molecule has 2 aromatic carbocycles. The second-order valence-corrected chi connectivity index (χ2v) is 7.06. The molecule has 2 aromatic rings. The summed E-state index contributed by atoms with van der Waals surface area (Å²) in [5.74, 6) is -0.772. The van der Waals surface area contributed by atoms with Crippen molar-refractivity contribution in [2.24, 2.45) is 0 Å². The van der Waals surface area contributed by atoms with Gasteiger partial charge in [0.25, 0.3) is 0 Å². The predicted molar refractivity (Wildman–Crippen MR) is 87.2 cm³/mol. The minimum absolute atomic E-state index is 0.108. The lowest BCUT2D eigenvalue weighted by atomic mass is 10.2. The molecule has 0 aliphatic heterocycles. The first-order valence-electron chi connectivity index (χ1n) is 6.87. The highest BCUT2D eigenvalue weighted by molar-refractivity contribution is 7.51. The Bertz CT molecular complexity index is 916. The Kier molecular flexibility index (Phi) is 6.01. The molecule has 2 N–H and O–H groups in total. The number of nitro benzene ring substituents is 1. The highest BCUT2D eigenvalue weighted by atomic mass is 35.5. The van der Waals surface area contributed by atoms with E-state index in [4.69, 9.17) is 30.9 Å². The number of halogens is 4. The summed E-state index contributed by atoms with van der Waals surface area (Å²) in [5.41, 5.74) is -1.58. The summed E-state index contributed by atoms with van der Waals surface area (Å²) in [4.78, 5) is 27.8. The van der Waals surface area contributed by atoms with Gasteiger partial charge in [-0.3, -0.25) is 14.7 Å². The van der Waals surface area contributed by atoms with Crippen LogP contribution in [0.5, 0.6) is 17.2 Å². The van der Waals surface area contributed by atoms with Gasteiger partial charge in [0.2, 0.25) is 5.75 Å². The van der Waals surface area contributed by atoms with Crippen molar-refractivity contribution in [1.82, 2.24) is 0 Å². The molecule has 0 aliphatic rings. The van der Waals surface area contributed by atoms with Crippen LogP contribution >= 0.6 is 19.2 Å². The maximum Gasteiger partial charge on any atom is 0.416 e. The molecule has 0 saturated carbocycles. The molecule has 0 saturated heterocycles. The van der Waals surface area contributed by atoms with Crippen LogP contribution in [-0.2, 0) is 10.7 Å². The minimum atomic E-state index is -4.61. The van der Waals surface area contributed by atoms with Crippen LogP contribution in [0.2, 0.25) is 5.02 Å². The number of benzene rings is 2. The number of ether oxygens (including phenoxy) is 2. The fraction of sp³-hybridized carbons (Fsp3) is 0.143. The highest BCUT2D eigenvalue weighted by Gasteiger charge is 2.31. The summed E-state index contributed by atoms with van der Waals surface area (Å²) in [5, 5.41) is 10.6. The van der Waals surface area contributed by atoms with Gasteiger partial charge in [-0.1, -0.05) is 11.6 Å². The smallest absolute Gasteiger partial charge is 0.416 e. The van der Waals surface area contributed by atoms with Crippen LogP contribution < -0.4 is 9.47 Å². The molecular weight excluding hydrogens is 418 g/mol. The van der Waals surface area contributed by atoms with E-state index in [-0.39, 0.29) is 16.5 Å². The van der Waals surface area contributed by atoms with Crippen LogP contribution in [-0.4, -0.2) is 21.1 Å². The van der Waals surface area contributed by atoms with Gasteiger partial charge in [-0.15, -0.1) is 0 Å². The summed E-state index contributed by atoms with van der Waals surface area (Å²) in [6.07, 6.45) is -5.71. The van der Waals surface area contributed by atoms with E-state index in [1.54, 1.807) is 0 Å². The van der Waals surface area contributed by atoms with Crippen LogP contribution in [0.15, 0.2) is 36.4 Å². The molecule has 0 aliphatic carbocycles. The van der Waals surface area contributed by atoms with E-state index in [0.717, 1.165) is 30.3 Å². The Morgan fingerprint density at radius 2 is 1.81 bits per heavy atom. The van der Waals surface area contributed by atoms with Crippen molar-refractivity contribution in [2.75, 3.05) is 6.35 Å². The van der Waals surface area contributed by atoms with E-state index in [2.05, 4.69) is 0 Å². The van der Waals surface area contributed by atoms with Crippen molar-refractivity contribution in [3.63, 3.8) is 0 Å². The Balaban J connectivity index is 2.31. The maximum absolute atomic E-state index is 12.6. The zero-order valence-corrected chi connectivity index (χ0v) is 14.7. The molecule has 0 unspecified atom stereocenters. The first kappa shape index (κ1) is 21.0. The predicted octanol–water partition coefficient (Wildman–Crippen LogP) is 4.57. The van der Waals surface area contributed by atoms with Gasteiger partial charge in [0.05, 0.1) is 15.5 Å². The second kappa shape index (κ2) is 7.73. The molecular formula is C14H10ClF3NO7P. The first-order chi connectivity index (χ1) is 12.4. The van der Waals surface area contributed by atoms with Gasteiger partial charge in [-0.05, 0) is 24.3 Å². The molecule has 146 valence electrons. The zero-order chi connectivity index (χ0) is 20.4. The van der Waals surface area contributed by atoms with Gasteiger partial charge >= 0.3 is 19.5 Å². The average Bonchev–Trinajstić information content (AvgIpc) is 2.53. The van der Waals surface area contributed by atoms with Crippen molar-refractivity contribution in [1.29, 1.82) is 0 Å². The van der Waals surface area contributed by atoms with E-state index in [9.17, 15) is 27.9 Å². The molecule has 13 heteroatoms. The third kappa shape index (κ3) is 5.83. The summed E-state index contributed by atoms with van der Waals surface area (Å²) >= 11 is 5.76. The van der Waals surface area contributed by atoms with Gasteiger partial charge in [0.1, 0.15) is 11.5 Å². The Morgan fingerprint density at radius 3 is 2.33 bits per heavy atom. The number of rotatable bonds is 6. The van der Waals surface area contributed by atoms with Gasteiger partial charge in [-0.25, -0.2) is 0 Å². The lowest BCUT2D eigenvalue weighted by molar-refractivity contribution is -0.385. The number of nitrogens with zero attached hydrogens (tertiary/aromatic N) is 1. The largest absolute Gasteiger partial charge is 0.474 e. The zero-order valence-electron chi connectivity index (χ0n) is 13.0. The average molecular weight is 428 g/mol. The van der Waals surface area contributed by atoms with E-state index < -0.39 is 42.0 Å². The van der Waals surface area contributed by atoms with Crippen LogP contribution in [0.1, 0.15) is 5.56 Å². The monoisotopic (exact) mass is 427 g/mol. The van der Waals surface area contributed by atoms with Crippen molar-refractivity contribution in [3.05, 3.63) is 57.1 Å². The van der Waals surface area contributed by atoms with Crippen LogP contribution in [0, 0.1) is 10.1 Å². The highest BCUT2D eigenvalue weighted by Crippen LogP contribution is 2.40. The molecule has 0 radical (unpaired) electrons. The van der Waals surface area contributed by atoms with E-state index >= 15 is 0 Å². The van der Waals surface area contributed by atoms with Gasteiger partial charge in [0, 0.05) is 12.1 Å². The molecule has 27 heavy (non-hydrogen) atoms. The first-order valence-corrected chi connectivity index (χ1v) is 9.05. The van der Waals surface area contributed by atoms with Crippen LogP contribution in [0.3, 0.4) is 0 Å². The maximum atomic E-state index is 12.6. The van der Waals surface area contributed by atoms with Crippen molar-refractivity contribution < 1.29 is 41.9 Å². The fourth-order valence-corrected chi connectivity index (χ4v) is 2.39. The molecule has 8 nitrogen and oxygen atoms in total. The fourth-order valence-electron chi connectivity index (χ4n) is 1.86. The van der Waals surface area contributed by atoms with Crippen LogP contribution in [0.25, 0.3) is 0 Å². The van der Waals surface area contributed by atoms with E-state index in [1.165, 1.54) is 0 Å². The molecule has 0 aromatic heterocycles. The lowest BCUT2D eigenvalue weighted by Crippen LogP contribution is -2.04. The van der Waals surface area contributed by atoms with Crippen molar-refractivity contribution in [3.8, 4) is 17.2 Å². The van der Waals surface area contributed by atoms with E-state index in [1.807, 2.05) is 0 Å². The SMILES string of the molecule is O=[N+]([O-])c1ccc(Oc2ccc(C(F)(F)F)cc2Cl)cc1OCP(=O)(O)O. The normalized spacial score (nSPS) is 11.9. The third-order valence-electron chi connectivity index (χ3n) is 3.00. The third-order valence-corrected chi connectivity index (χ3v) is 3.76. The standard InChI is InChI=1S/C14H10ClF3NO7P/c15-10-5-8(14(16,17)18)1-4-12(10)26-9-2-3-11(19(20)21)13(6-9)25-7-27(22,23)24/h1-6H,7H2,(H2,22,23,24). The van der Waals surface area contributed by atoms with Gasteiger partial charge < -0.3 is 19.3 Å². The molecule has 2 rings (SSSR count). The molecule has 0 amide bonds. The molecule has 0 heterocycles. The van der Waals surface area contributed by atoms with Crippen molar-refractivity contribution in [2.45, 2.75) is 6.18 Å². The lowest BCUT2D eigenvalue weighted by Gasteiger charge is -2.12. The Morgan fingerprint density at radius 1 is 1.15 bits per heavy atom. The second-order valence-electron chi connectivity index (χ2n) is 5.07. The van der Waals surface area contributed by atoms with Crippen LogP contribution in [0.4, 0.5) is 18.9 Å². The quantitative estimate of drug-likeness (QED) is 0.393. The van der Waals surface area contributed by atoms with Gasteiger partial charge in [0.15, 0.2) is 6.35 Å². The summed E-state index contributed by atoms with van der Waals surface area (Å²) in [6, 6.07) is 5.37. The Hall–Kier alpha value is -2.33. The number of hydrogen-bond donors (Lipinski definition) is 2. The summed E-state index contributed by atoms with van der Waals surface area (Å²) < 4.78 is 58.8. The number of nitro groups is 1. The topological polar surface area (TPSA) is 119 Å². The summed E-state index contributed by atoms with van der Waals surface area (Å²) in [6.45, 7) is 0.